The van der Waals surface area contributed by atoms with E-state index >= 15 is 0 Å². The van der Waals surface area contributed by atoms with E-state index in [1.807, 2.05) is 10.8 Å². The number of amides is 1. The van der Waals surface area contributed by atoms with Crippen LogP contribution >= 0.6 is 0 Å². The molecule has 0 aliphatic rings. The van der Waals surface area contributed by atoms with Crippen molar-refractivity contribution in [3.05, 3.63) is 53.9 Å². The average molecular weight is 303 g/mol. The van der Waals surface area contributed by atoms with Crippen molar-refractivity contribution in [2.24, 2.45) is 5.92 Å². The highest BCUT2D eigenvalue weighted by Gasteiger charge is 2.14. The second-order valence-electron chi connectivity index (χ2n) is 5.89. The van der Waals surface area contributed by atoms with E-state index in [9.17, 15) is 9.18 Å². The highest BCUT2D eigenvalue weighted by atomic mass is 19.1. The van der Waals surface area contributed by atoms with Crippen LogP contribution in [0.4, 0.5) is 4.39 Å². The zero-order valence-corrected chi connectivity index (χ0v) is 13.3. The summed E-state index contributed by atoms with van der Waals surface area (Å²) in [5.74, 6) is 1.05. The largest absolute Gasteiger partial charge is 0.335 e. The van der Waals surface area contributed by atoms with Gasteiger partial charge in [0.25, 0.3) is 0 Å². The molecule has 22 heavy (non-hydrogen) atoms. The third kappa shape index (κ3) is 4.41. The first-order valence-corrected chi connectivity index (χ1v) is 7.45. The summed E-state index contributed by atoms with van der Waals surface area (Å²) in [6.45, 7) is 7.56. The molecule has 2 aromatic rings. The molecule has 0 N–H and O–H groups in total. The highest BCUT2D eigenvalue weighted by molar-refractivity contribution is 5.73. The fourth-order valence-corrected chi connectivity index (χ4v) is 2.34. The van der Waals surface area contributed by atoms with Crippen LogP contribution in [0.25, 0.3) is 0 Å². The number of imidazole rings is 1. The first-order valence-electron chi connectivity index (χ1n) is 7.45. The Hall–Kier alpha value is -2.17. The van der Waals surface area contributed by atoms with Gasteiger partial charge in [-0.3, -0.25) is 4.79 Å². The first kappa shape index (κ1) is 16.2. The maximum atomic E-state index is 13.0. The van der Waals surface area contributed by atoms with Crippen LogP contribution in [0, 0.1) is 11.7 Å². The molecule has 0 unspecified atom stereocenters. The van der Waals surface area contributed by atoms with Gasteiger partial charge >= 0.3 is 0 Å². The third-order valence-electron chi connectivity index (χ3n) is 3.43. The standard InChI is InChI=1S/C17H22FN3O/c1-13(2)10-21(14(3)22)12-17-19-8-9-20(17)11-15-4-6-16(18)7-5-15/h4-9,13H,10-12H2,1-3H3. The van der Waals surface area contributed by atoms with Gasteiger partial charge in [-0.15, -0.1) is 0 Å². The topological polar surface area (TPSA) is 38.1 Å². The molecule has 1 amide bonds. The Kier molecular flexibility index (Phi) is 5.31. The predicted octanol–water partition coefficient (Wildman–Crippen LogP) is 3.08. The number of nitrogens with zero attached hydrogens (tertiary/aromatic N) is 3. The van der Waals surface area contributed by atoms with Crippen LogP contribution in [0.5, 0.6) is 0 Å². The van der Waals surface area contributed by atoms with Crippen molar-refractivity contribution in [1.82, 2.24) is 14.5 Å². The molecule has 0 aliphatic carbocycles. The van der Waals surface area contributed by atoms with Crippen molar-refractivity contribution in [2.45, 2.75) is 33.9 Å². The van der Waals surface area contributed by atoms with Crippen LogP contribution in [0.3, 0.4) is 0 Å². The molecule has 0 fully saturated rings. The molecule has 2 rings (SSSR count). The molecule has 1 heterocycles. The normalized spacial score (nSPS) is 11.0. The quantitative estimate of drug-likeness (QED) is 0.822. The van der Waals surface area contributed by atoms with Gasteiger partial charge in [-0.25, -0.2) is 9.37 Å². The van der Waals surface area contributed by atoms with Crippen molar-refractivity contribution in [3.8, 4) is 0 Å². The molecule has 0 spiro atoms. The number of carbonyl (C=O) groups excluding carboxylic acids is 1. The van der Waals surface area contributed by atoms with Gasteiger partial charge in [0.1, 0.15) is 11.6 Å². The fraction of sp³-hybridized carbons (Fsp3) is 0.412. The van der Waals surface area contributed by atoms with E-state index in [4.69, 9.17) is 0 Å². The van der Waals surface area contributed by atoms with Crippen LogP contribution in [0.2, 0.25) is 0 Å². The van der Waals surface area contributed by atoms with E-state index in [2.05, 4.69) is 18.8 Å². The molecule has 0 saturated carbocycles. The summed E-state index contributed by atoms with van der Waals surface area (Å²) in [6, 6.07) is 6.42. The monoisotopic (exact) mass is 303 g/mol. The van der Waals surface area contributed by atoms with Gasteiger partial charge < -0.3 is 9.47 Å². The van der Waals surface area contributed by atoms with Crippen molar-refractivity contribution in [3.63, 3.8) is 0 Å². The molecular formula is C17H22FN3O. The number of rotatable bonds is 6. The number of aromatic nitrogens is 2. The number of halogens is 1. The molecule has 5 heteroatoms. The summed E-state index contributed by atoms with van der Waals surface area (Å²) in [4.78, 5) is 17.9. The van der Waals surface area contributed by atoms with Gasteiger partial charge in [-0.2, -0.15) is 0 Å². The van der Waals surface area contributed by atoms with Crippen LogP contribution in [-0.2, 0) is 17.9 Å². The van der Waals surface area contributed by atoms with Gasteiger partial charge in [0.15, 0.2) is 0 Å². The number of carbonyl (C=O) groups is 1. The number of hydrogen-bond acceptors (Lipinski definition) is 2. The van der Waals surface area contributed by atoms with Crippen LogP contribution in [0.1, 0.15) is 32.2 Å². The lowest BCUT2D eigenvalue weighted by Crippen LogP contribution is -2.32. The Morgan fingerprint density at radius 3 is 2.59 bits per heavy atom. The molecule has 1 aromatic carbocycles. The summed E-state index contributed by atoms with van der Waals surface area (Å²) in [7, 11) is 0. The lowest BCUT2D eigenvalue weighted by Gasteiger charge is -2.23. The van der Waals surface area contributed by atoms with E-state index < -0.39 is 0 Å². The van der Waals surface area contributed by atoms with Crippen LogP contribution in [0.15, 0.2) is 36.7 Å². The van der Waals surface area contributed by atoms with Gasteiger partial charge in [-0.05, 0) is 23.6 Å². The Morgan fingerprint density at radius 2 is 2.00 bits per heavy atom. The molecular weight excluding hydrogens is 281 g/mol. The van der Waals surface area contributed by atoms with E-state index in [0.29, 0.717) is 25.6 Å². The number of benzene rings is 1. The minimum Gasteiger partial charge on any atom is -0.335 e. The van der Waals surface area contributed by atoms with E-state index in [0.717, 1.165) is 11.4 Å². The van der Waals surface area contributed by atoms with E-state index in [-0.39, 0.29) is 11.7 Å². The Morgan fingerprint density at radius 1 is 1.32 bits per heavy atom. The minimum absolute atomic E-state index is 0.0463. The maximum Gasteiger partial charge on any atom is 0.219 e. The van der Waals surface area contributed by atoms with Crippen molar-refractivity contribution < 1.29 is 9.18 Å². The minimum atomic E-state index is -0.241. The Labute approximate surface area is 130 Å². The van der Waals surface area contributed by atoms with E-state index in [1.54, 1.807) is 30.2 Å². The predicted molar refractivity (Wildman–Crippen MR) is 83.7 cm³/mol. The summed E-state index contributed by atoms with van der Waals surface area (Å²) in [6.07, 6.45) is 3.61. The molecule has 1 aromatic heterocycles. The smallest absolute Gasteiger partial charge is 0.219 e. The zero-order valence-electron chi connectivity index (χ0n) is 13.3. The second-order valence-corrected chi connectivity index (χ2v) is 5.89. The summed E-state index contributed by atoms with van der Waals surface area (Å²) >= 11 is 0. The maximum absolute atomic E-state index is 13.0. The first-order chi connectivity index (χ1) is 10.5. The molecule has 0 radical (unpaired) electrons. The molecule has 4 nitrogen and oxygen atoms in total. The summed E-state index contributed by atoms with van der Waals surface area (Å²) < 4.78 is 15.0. The molecule has 0 atom stereocenters. The SMILES string of the molecule is CC(=O)N(Cc1nccn1Cc1ccc(F)cc1)CC(C)C. The third-order valence-corrected chi connectivity index (χ3v) is 3.43. The van der Waals surface area contributed by atoms with Crippen LogP contribution < -0.4 is 0 Å². The molecule has 118 valence electrons. The molecule has 0 saturated heterocycles. The highest BCUT2D eigenvalue weighted by Crippen LogP contribution is 2.10. The summed E-state index contributed by atoms with van der Waals surface area (Å²) in [5.41, 5.74) is 0.999. The number of hydrogen-bond donors (Lipinski definition) is 0. The molecule has 0 bridgehead atoms. The lowest BCUT2D eigenvalue weighted by atomic mass is 10.2. The van der Waals surface area contributed by atoms with Gasteiger partial charge in [0.05, 0.1) is 6.54 Å². The van der Waals surface area contributed by atoms with Crippen molar-refractivity contribution in [2.75, 3.05) is 6.54 Å². The second kappa shape index (κ2) is 7.20. The zero-order chi connectivity index (χ0) is 16.1. The van der Waals surface area contributed by atoms with Gasteiger partial charge in [-0.1, -0.05) is 26.0 Å². The average Bonchev–Trinajstić information content (AvgIpc) is 2.87. The fourth-order valence-electron chi connectivity index (χ4n) is 2.34. The Balaban J connectivity index is 2.11. The van der Waals surface area contributed by atoms with Gasteiger partial charge in [0, 0.05) is 32.4 Å². The van der Waals surface area contributed by atoms with Gasteiger partial charge in [0.2, 0.25) is 5.91 Å². The van der Waals surface area contributed by atoms with Crippen molar-refractivity contribution in [1.29, 1.82) is 0 Å². The van der Waals surface area contributed by atoms with E-state index in [1.165, 1.54) is 12.1 Å². The lowest BCUT2D eigenvalue weighted by molar-refractivity contribution is -0.130. The summed E-state index contributed by atoms with van der Waals surface area (Å²) in [5, 5.41) is 0. The van der Waals surface area contributed by atoms with Crippen LogP contribution in [-0.4, -0.2) is 26.9 Å². The van der Waals surface area contributed by atoms with Crippen molar-refractivity contribution >= 4 is 5.91 Å². The molecule has 0 aliphatic heterocycles. The Bertz CT molecular complexity index is 619.